The molecule has 1 aliphatic rings. The van der Waals surface area contributed by atoms with Crippen molar-refractivity contribution >= 4 is 22.9 Å². The number of anilines is 1. The number of carbonyl (C=O) groups excluding carboxylic acids is 1. The van der Waals surface area contributed by atoms with E-state index >= 15 is 0 Å². The Labute approximate surface area is 187 Å². The van der Waals surface area contributed by atoms with Crippen molar-refractivity contribution in [3.8, 4) is 11.5 Å². The summed E-state index contributed by atoms with van der Waals surface area (Å²) in [6.07, 6.45) is 0.855. The fraction of sp³-hybridized carbons (Fsp3) is 0.320. The number of hydrogen-bond donors (Lipinski definition) is 1. The summed E-state index contributed by atoms with van der Waals surface area (Å²) in [5.41, 5.74) is 5.56. The van der Waals surface area contributed by atoms with Gasteiger partial charge in [0.25, 0.3) is 0 Å². The molecule has 0 saturated heterocycles. The lowest BCUT2D eigenvalue weighted by atomic mass is 9.91. The van der Waals surface area contributed by atoms with E-state index < -0.39 is 0 Å². The van der Waals surface area contributed by atoms with Gasteiger partial charge in [-0.05, 0) is 72.2 Å². The van der Waals surface area contributed by atoms with Crippen LogP contribution in [0.1, 0.15) is 33.2 Å². The van der Waals surface area contributed by atoms with Gasteiger partial charge in [0.2, 0.25) is 5.91 Å². The average Bonchev–Trinajstić information content (AvgIpc) is 3.30. The molecule has 6 heteroatoms. The highest BCUT2D eigenvalue weighted by molar-refractivity contribution is 7.10. The highest BCUT2D eigenvalue weighted by Gasteiger charge is 2.32. The molecule has 31 heavy (non-hydrogen) atoms. The summed E-state index contributed by atoms with van der Waals surface area (Å²) < 4.78 is 11.1. The predicted octanol–water partition coefficient (Wildman–Crippen LogP) is 4.97. The third-order valence-corrected chi connectivity index (χ3v) is 6.94. The molecule has 0 bridgehead atoms. The largest absolute Gasteiger partial charge is 0.493 e. The number of thiophene rings is 1. The standard InChI is InChI=1S/C25H28N2O3S/c1-16-7-5-8-20(17(16)2)26-24(28)15-27-11-10-18-13-21(29-3)22(30-4)14-19(18)25(27)23-9-6-12-31-23/h5-9,12-14,25H,10-11,15H2,1-4H3,(H,26,28)/t25-/m0/s1. The van der Waals surface area contributed by atoms with Crippen molar-refractivity contribution in [2.75, 3.05) is 32.6 Å². The van der Waals surface area contributed by atoms with Gasteiger partial charge in [0, 0.05) is 17.1 Å². The van der Waals surface area contributed by atoms with Gasteiger partial charge in [0.15, 0.2) is 11.5 Å². The van der Waals surface area contributed by atoms with Crippen molar-refractivity contribution in [3.63, 3.8) is 0 Å². The second-order valence-corrected chi connectivity index (χ2v) is 8.82. The number of amides is 1. The smallest absolute Gasteiger partial charge is 0.238 e. The predicted molar refractivity (Wildman–Crippen MR) is 126 cm³/mol. The average molecular weight is 437 g/mol. The maximum Gasteiger partial charge on any atom is 0.238 e. The minimum absolute atomic E-state index is 0.000757. The van der Waals surface area contributed by atoms with E-state index in [1.165, 1.54) is 21.6 Å². The van der Waals surface area contributed by atoms with E-state index in [1.54, 1.807) is 25.6 Å². The van der Waals surface area contributed by atoms with E-state index in [1.807, 2.05) is 19.1 Å². The van der Waals surface area contributed by atoms with Crippen LogP contribution in [0.5, 0.6) is 11.5 Å². The first-order valence-electron chi connectivity index (χ1n) is 10.4. The van der Waals surface area contributed by atoms with Crippen LogP contribution in [-0.2, 0) is 11.2 Å². The quantitative estimate of drug-likeness (QED) is 0.593. The fourth-order valence-corrected chi connectivity index (χ4v) is 5.09. The molecule has 0 radical (unpaired) electrons. The highest BCUT2D eigenvalue weighted by Crippen LogP contribution is 2.42. The number of carbonyl (C=O) groups is 1. The summed E-state index contributed by atoms with van der Waals surface area (Å²) in [6, 6.07) is 14.3. The Kier molecular flexibility index (Phi) is 6.30. The van der Waals surface area contributed by atoms with E-state index in [-0.39, 0.29) is 11.9 Å². The molecule has 3 aromatic rings. The molecule has 1 aliphatic heterocycles. The maximum absolute atomic E-state index is 13.0. The Morgan fingerprint density at radius 2 is 1.90 bits per heavy atom. The first-order valence-corrected chi connectivity index (χ1v) is 11.3. The summed E-state index contributed by atoms with van der Waals surface area (Å²) in [7, 11) is 3.32. The number of nitrogens with one attached hydrogen (secondary N) is 1. The number of rotatable bonds is 6. The van der Waals surface area contributed by atoms with E-state index in [2.05, 4.69) is 52.9 Å². The van der Waals surface area contributed by atoms with Gasteiger partial charge in [-0.2, -0.15) is 0 Å². The molecule has 5 nitrogen and oxygen atoms in total. The molecule has 0 saturated carbocycles. The van der Waals surface area contributed by atoms with Crippen molar-refractivity contribution in [2.45, 2.75) is 26.3 Å². The molecular formula is C25H28N2O3S. The number of methoxy groups -OCH3 is 2. The van der Waals surface area contributed by atoms with Crippen LogP contribution in [0, 0.1) is 13.8 Å². The summed E-state index contributed by atoms with van der Waals surface area (Å²) >= 11 is 1.71. The maximum atomic E-state index is 13.0. The molecule has 162 valence electrons. The van der Waals surface area contributed by atoms with Crippen LogP contribution in [0.3, 0.4) is 0 Å². The molecule has 0 aliphatic carbocycles. The minimum atomic E-state index is -0.000757. The lowest BCUT2D eigenvalue weighted by molar-refractivity contribution is -0.117. The van der Waals surface area contributed by atoms with Crippen molar-refractivity contribution in [1.29, 1.82) is 0 Å². The summed E-state index contributed by atoms with van der Waals surface area (Å²) in [4.78, 5) is 16.5. The van der Waals surface area contributed by atoms with Gasteiger partial charge in [-0.3, -0.25) is 9.69 Å². The molecule has 1 atom stereocenters. The molecule has 1 aromatic heterocycles. The summed E-state index contributed by atoms with van der Waals surface area (Å²) in [5.74, 6) is 1.45. The second-order valence-electron chi connectivity index (χ2n) is 7.84. The SMILES string of the molecule is COc1cc2c(cc1OC)[C@@H](c1cccs1)N(CC(=O)Nc1cccc(C)c1C)CC2. The van der Waals surface area contributed by atoms with Crippen LogP contribution < -0.4 is 14.8 Å². The zero-order valence-corrected chi connectivity index (χ0v) is 19.2. The monoisotopic (exact) mass is 436 g/mol. The van der Waals surface area contributed by atoms with Gasteiger partial charge in [-0.25, -0.2) is 0 Å². The van der Waals surface area contributed by atoms with Crippen molar-refractivity contribution < 1.29 is 14.3 Å². The first-order chi connectivity index (χ1) is 15.0. The summed E-state index contributed by atoms with van der Waals surface area (Å²) in [5, 5.41) is 5.19. The zero-order chi connectivity index (χ0) is 22.0. The molecule has 1 N–H and O–H groups in total. The molecule has 2 heterocycles. The lowest BCUT2D eigenvalue weighted by Gasteiger charge is -2.37. The Morgan fingerprint density at radius 3 is 2.61 bits per heavy atom. The highest BCUT2D eigenvalue weighted by atomic mass is 32.1. The van der Waals surface area contributed by atoms with E-state index in [9.17, 15) is 4.79 Å². The number of nitrogens with zero attached hydrogens (tertiary/aromatic N) is 1. The van der Waals surface area contributed by atoms with Crippen LogP contribution >= 0.6 is 11.3 Å². The third kappa shape index (κ3) is 4.31. The Balaban J connectivity index is 1.63. The fourth-order valence-electron chi connectivity index (χ4n) is 4.21. The Hall–Kier alpha value is -2.83. The van der Waals surface area contributed by atoms with Gasteiger partial charge in [-0.1, -0.05) is 18.2 Å². The molecule has 0 unspecified atom stereocenters. The third-order valence-electron chi connectivity index (χ3n) is 6.01. The summed E-state index contributed by atoms with van der Waals surface area (Å²) in [6.45, 7) is 5.21. The van der Waals surface area contributed by atoms with Gasteiger partial charge >= 0.3 is 0 Å². The van der Waals surface area contributed by atoms with E-state index in [4.69, 9.17) is 9.47 Å². The molecule has 4 rings (SSSR count). The van der Waals surface area contributed by atoms with Crippen LogP contribution in [0.15, 0.2) is 47.8 Å². The Bertz CT molecular complexity index is 1080. The lowest BCUT2D eigenvalue weighted by Crippen LogP contribution is -2.41. The van der Waals surface area contributed by atoms with Gasteiger partial charge in [0.05, 0.1) is 26.8 Å². The Morgan fingerprint density at radius 1 is 1.13 bits per heavy atom. The van der Waals surface area contributed by atoms with Crippen molar-refractivity contribution in [3.05, 3.63) is 75.0 Å². The number of benzene rings is 2. The number of fused-ring (bicyclic) bond motifs is 1. The molecule has 0 fully saturated rings. The van der Waals surface area contributed by atoms with Crippen LogP contribution in [0.4, 0.5) is 5.69 Å². The molecular weight excluding hydrogens is 408 g/mol. The normalized spacial score (nSPS) is 15.9. The zero-order valence-electron chi connectivity index (χ0n) is 18.4. The van der Waals surface area contributed by atoms with Gasteiger partial charge < -0.3 is 14.8 Å². The van der Waals surface area contributed by atoms with Crippen molar-refractivity contribution in [1.82, 2.24) is 4.90 Å². The molecule has 2 aromatic carbocycles. The number of aryl methyl sites for hydroxylation is 1. The van der Waals surface area contributed by atoms with Crippen molar-refractivity contribution in [2.24, 2.45) is 0 Å². The molecule has 1 amide bonds. The number of hydrogen-bond acceptors (Lipinski definition) is 5. The van der Waals surface area contributed by atoms with Crippen LogP contribution in [0.25, 0.3) is 0 Å². The number of ether oxygens (including phenoxy) is 2. The van der Waals surface area contributed by atoms with Gasteiger partial charge in [0.1, 0.15) is 0 Å². The molecule has 0 spiro atoms. The topological polar surface area (TPSA) is 50.8 Å². The second kappa shape index (κ2) is 9.12. The van der Waals surface area contributed by atoms with E-state index in [0.717, 1.165) is 30.0 Å². The van der Waals surface area contributed by atoms with Crippen LogP contribution in [-0.4, -0.2) is 38.1 Å². The van der Waals surface area contributed by atoms with Gasteiger partial charge in [-0.15, -0.1) is 11.3 Å². The first kappa shape index (κ1) is 21.4. The van der Waals surface area contributed by atoms with E-state index in [0.29, 0.717) is 12.3 Å². The minimum Gasteiger partial charge on any atom is -0.493 e. The van der Waals surface area contributed by atoms with Crippen LogP contribution in [0.2, 0.25) is 0 Å².